The lowest BCUT2D eigenvalue weighted by Crippen LogP contribution is -2.17. The van der Waals surface area contributed by atoms with Gasteiger partial charge in [0.2, 0.25) is 5.91 Å². The van der Waals surface area contributed by atoms with Gasteiger partial charge in [0, 0.05) is 12.1 Å². The molecule has 12 heteroatoms. The molecule has 2 amide bonds. The Bertz CT molecular complexity index is 1250. The number of hydrogen-bond acceptors (Lipinski definition) is 9. The van der Waals surface area contributed by atoms with Crippen LogP contribution in [0.25, 0.3) is 11.4 Å². The summed E-state index contributed by atoms with van der Waals surface area (Å²) in [6.07, 6.45) is 1.71. The molecule has 0 unspecified atom stereocenters. The van der Waals surface area contributed by atoms with Gasteiger partial charge in [-0.1, -0.05) is 17.8 Å². The Kier molecular flexibility index (Phi) is 8.66. The summed E-state index contributed by atoms with van der Waals surface area (Å²) in [6.45, 7) is 7.64. The summed E-state index contributed by atoms with van der Waals surface area (Å²) in [7, 11) is 1.59. The van der Waals surface area contributed by atoms with E-state index in [1.54, 1.807) is 27.0 Å². The maximum absolute atomic E-state index is 12.7. The van der Waals surface area contributed by atoms with Crippen molar-refractivity contribution in [1.82, 2.24) is 14.8 Å². The summed E-state index contributed by atoms with van der Waals surface area (Å²) < 4.78 is 12.1. The van der Waals surface area contributed by atoms with Crippen LogP contribution in [0.2, 0.25) is 0 Å². The number of hydrogen-bond donors (Lipinski definition) is 2. The van der Waals surface area contributed by atoms with Gasteiger partial charge in [0.15, 0.2) is 11.0 Å². The topological polar surface area (TPSA) is 138 Å². The molecule has 0 radical (unpaired) electrons. The molecule has 2 aromatic heterocycles. The van der Waals surface area contributed by atoms with Crippen molar-refractivity contribution in [2.45, 2.75) is 25.5 Å². The molecule has 184 valence electrons. The molecule has 0 atom stereocenters. The van der Waals surface area contributed by atoms with Gasteiger partial charge in [-0.05, 0) is 43.7 Å². The number of allylic oxidation sites excluding steroid dienone is 1. The number of methoxy groups -OCH3 is 1. The molecule has 0 saturated heterocycles. The largest absolute Gasteiger partial charge is 0.497 e. The molecule has 10 nitrogen and oxygen atoms in total. The summed E-state index contributed by atoms with van der Waals surface area (Å²) in [6, 6.07) is 7.39. The lowest BCUT2D eigenvalue weighted by molar-refractivity contribution is -0.113. The minimum Gasteiger partial charge on any atom is -0.497 e. The molecule has 0 aliphatic carbocycles. The minimum atomic E-state index is -0.684. The van der Waals surface area contributed by atoms with Crippen LogP contribution < -0.4 is 15.8 Å². The molecule has 3 aromatic rings. The third-order valence-electron chi connectivity index (χ3n) is 4.81. The first-order valence-electron chi connectivity index (χ1n) is 10.5. The van der Waals surface area contributed by atoms with Crippen molar-refractivity contribution in [2.24, 2.45) is 5.73 Å². The van der Waals surface area contributed by atoms with E-state index in [1.807, 2.05) is 28.8 Å². The molecule has 0 bridgehead atoms. The number of carbonyl (C=O) groups is 3. The van der Waals surface area contributed by atoms with Crippen LogP contribution in [0, 0.1) is 6.92 Å². The second-order valence-electron chi connectivity index (χ2n) is 7.12. The normalized spacial score (nSPS) is 10.6. The zero-order valence-electron chi connectivity index (χ0n) is 19.5. The first kappa shape index (κ1) is 26.0. The van der Waals surface area contributed by atoms with Crippen molar-refractivity contribution >= 4 is 45.9 Å². The van der Waals surface area contributed by atoms with E-state index in [9.17, 15) is 14.4 Å². The number of aromatic nitrogens is 3. The van der Waals surface area contributed by atoms with E-state index in [1.165, 1.54) is 11.8 Å². The zero-order chi connectivity index (χ0) is 25.5. The number of thiophene rings is 1. The summed E-state index contributed by atoms with van der Waals surface area (Å²) >= 11 is 2.12. The van der Waals surface area contributed by atoms with E-state index in [2.05, 4.69) is 22.1 Å². The number of anilines is 1. The van der Waals surface area contributed by atoms with Crippen LogP contribution in [0.5, 0.6) is 5.75 Å². The zero-order valence-corrected chi connectivity index (χ0v) is 21.1. The van der Waals surface area contributed by atoms with Gasteiger partial charge < -0.3 is 20.5 Å². The predicted octanol–water partition coefficient (Wildman–Crippen LogP) is 3.52. The van der Waals surface area contributed by atoms with Gasteiger partial charge in [-0.15, -0.1) is 28.1 Å². The van der Waals surface area contributed by atoms with Crippen molar-refractivity contribution in [1.29, 1.82) is 0 Å². The number of nitrogens with two attached hydrogens (primary N) is 1. The van der Waals surface area contributed by atoms with E-state index in [-0.39, 0.29) is 27.8 Å². The molecule has 35 heavy (non-hydrogen) atoms. The van der Waals surface area contributed by atoms with Gasteiger partial charge in [0.25, 0.3) is 5.91 Å². The smallest absolute Gasteiger partial charge is 0.341 e. The highest BCUT2D eigenvalue weighted by molar-refractivity contribution is 7.99. The first-order chi connectivity index (χ1) is 16.8. The lowest BCUT2D eigenvalue weighted by atomic mass is 10.1. The van der Waals surface area contributed by atoms with Gasteiger partial charge in [-0.25, -0.2) is 4.79 Å². The summed E-state index contributed by atoms with van der Waals surface area (Å²) in [5.74, 6) is -0.372. The molecule has 3 rings (SSSR count). The first-order valence-corrected chi connectivity index (χ1v) is 12.3. The molecule has 1 aromatic carbocycles. The number of thioether (sulfide) groups is 1. The Morgan fingerprint density at radius 3 is 2.57 bits per heavy atom. The molecular formula is C23H25N5O5S2. The number of nitrogens with one attached hydrogen (secondary N) is 1. The SMILES string of the molecule is C=CCn1c(SCC(=O)Nc2sc(C(N)=O)c(C)c2C(=O)OCC)nnc1-c1ccc(OC)cc1. The fraction of sp³-hybridized carbons (Fsp3) is 0.261. The number of esters is 1. The van der Waals surface area contributed by atoms with Crippen molar-refractivity contribution in [3.63, 3.8) is 0 Å². The Balaban J connectivity index is 1.78. The highest BCUT2D eigenvalue weighted by Gasteiger charge is 2.26. The van der Waals surface area contributed by atoms with Crippen molar-refractivity contribution in [3.8, 4) is 17.1 Å². The highest BCUT2D eigenvalue weighted by Crippen LogP contribution is 2.34. The maximum atomic E-state index is 12.7. The number of benzene rings is 1. The fourth-order valence-corrected chi connectivity index (χ4v) is 5.03. The average molecular weight is 516 g/mol. The summed E-state index contributed by atoms with van der Waals surface area (Å²) in [4.78, 5) is 37.1. The van der Waals surface area contributed by atoms with Crippen molar-refractivity contribution in [3.05, 3.63) is 52.9 Å². The Morgan fingerprint density at radius 2 is 1.97 bits per heavy atom. The standard InChI is InChI=1S/C23H25N5O5S2/c1-5-11-28-20(14-7-9-15(32-4)10-8-14)26-27-23(28)34-12-16(29)25-21-17(22(31)33-6-2)13(3)18(35-21)19(24)30/h5,7-10H,1,6,11-12H2,2-4H3,(H2,24,30)(H,25,29). The van der Waals surface area contributed by atoms with E-state index in [0.29, 0.717) is 23.1 Å². The monoisotopic (exact) mass is 515 g/mol. The summed E-state index contributed by atoms with van der Waals surface area (Å²) in [5.41, 5.74) is 6.75. The molecule has 2 heterocycles. The number of primary amides is 1. The predicted molar refractivity (Wildman–Crippen MR) is 135 cm³/mol. The van der Waals surface area contributed by atoms with Gasteiger partial charge >= 0.3 is 5.97 Å². The van der Waals surface area contributed by atoms with Crippen LogP contribution in [0.4, 0.5) is 5.00 Å². The van der Waals surface area contributed by atoms with E-state index in [0.717, 1.165) is 22.6 Å². The average Bonchev–Trinajstić information content (AvgIpc) is 3.38. The molecule has 3 N–H and O–H groups in total. The molecule has 0 saturated carbocycles. The second kappa shape index (κ2) is 11.7. The molecule has 0 fully saturated rings. The van der Waals surface area contributed by atoms with Crippen molar-refractivity contribution < 1.29 is 23.9 Å². The van der Waals surface area contributed by atoms with Crippen LogP contribution in [0.3, 0.4) is 0 Å². The van der Waals surface area contributed by atoms with Crippen LogP contribution in [0.1, 0.15) is 32.5 Å². The van der Waals surface area contributed by atoms with Gasteiger partial charge in [-0.2, -0.15) is 0 Å². The minimum absolute atomic E-state index is 0.0109. The van der Waals surface area contributed by atoms with Crippen molar-refractivity contribution in [2.75, 3.05) is 24.8 Å². The van der Waals surface area contributed by atoms with E-state index >= 15 is 0 Å². The molecular weight excluding hydrogens is 490 g/mol. The molecule has 0 aliphatic rings. The molecule has 0 spiro atoms. The van der Waals surface area contributed by atoms with Gasteiger partial charge in [-0.3, -0.25) is 14.2 Å². The number of ether oxygens (including phenoxy) is 2. The summed E-state index contributed by atoms with van der Waals surface area (Å²) in [5, 5.41) is 11.9. The van der Waals surface area contributed by atoms with Crippen LogP contribution >= 0.6 is 23.1 Å². The van der Waals surface area contributed by atoms with Crippen LogP contribution in [-0.2, 0) is 16.1 Å². The number of rotatable bonds is 11. The van der Waals surface area contributed by atoms with Gasteiger partial charge in [0.1, 0.15) is 10.8 Å². The van der Waals surface area contributed by atoms with Gasteiger partial charge in [0.05, 0.1) is 29.9 Å². The second-order valence-corrected chi connectivity index (χ2v) is 9.08. The number of amides is 2. The van der Waals surface area contributed by atoms with Crippen LogP contribution in [0.15, 0.2) is 42.1 Å². The molecule has 0 aliphatic heterocycles. The Morgan fingerprint density at radius 1 is 1.26 bits per heavy atom. The highest BCUT2D eigenvalue weighted by atomic mass is 32.2. The number of nitrogens with zero attached hydrogens (tertiary/aromatic N) is 3. The fourth-order valence-electron chi connectivity index (χ4n) is 3.22. The Labute approximate surface area is 210 Å². The third kappa shape index (κ3) is 5.89. The number of carbonyl (C=O) groups excluding carboxylic acids is 3. The quantitative estimate of drug-likeness (QED) is 0.225. The van der Waals surface area contributed by atoms with E-state index < -0.39 is 17.8 Å². The van der Waals surface area contributed by atoms with Crippen LogP contribution in [-0.4, -0.2) is 52.0 Å². The Hall–Kier alpha value is -3.64. The van der Waals surface area contributed by atoms with E-state index in [4.69, 9.17) is 15.2 Å². The third-order valence-corrected chi connectivity index (χ3v) is 7.00. The maximum Gasteiger partial charge on any atom is 0.341 e. The lowest BCUT2D eigenvalue weighted by Gasteiger charge is -2.09.